The second kappa shape index (κ2) is 5.74. The minimum Gasteiger partial charge on any atom is -0.508 e. The number of hydrogen-bond acceptors (Lipinski definition) is 1. The molecule has 1 N–H and O–H groups in total. The van der Waals surface area contributed by atoms with E-state index in [0.29, 0.717) is 11.7 Å². The molecule has 0 amide bonds. The lowest BCUT2D eigenvalue weighted by Crippen LogP contribution is -1.93. The van der Waals surface area contributed by atoms with E-state index in [4.69, 9.17) is 0 Å². The number of aromatic hydroxyl groups is 1. The number of phenolic OH excluding ortho intramolecular Hbond substituents is 1. The first kappa shape index (κ1) is 12.8. The largest absolute Gasteiger partial charge is 0.508 e. The summed E-state index contributed by atoms with van der Waals surface area (Å²) in [6.07, 6.45) is 4.57. The Morgan fingerprint density at radius 2 is 2.06 bits per heavy atom. The van der Waals surface area contributed by atoms with Gasteiger partial charge in [-0.05, 0) is 56.7 Å². The van der Waals surface area contributed by atoms with E-state index in [1.165, 1.54) is 11.1 Å². The van der Waals surface area contributed by atoms with Crippen LogP contribution in [0, 0.1) is 6.92 Å². The fraction of sp³-hybridized carbons (Fsp3) is 0.467. The lowest BCUT2D eigenvalue weighted by Gasteiger charge is -2.12. The summed E-state index contributed by atoms with van der Waals surface area (Å²) < 4.78 is 0. The molecule has 88 valence electrons. The van der Waals surface area contributed by atoms with E-state index in [0.717, 1.165) is 18.4 Å². The van der Waals surface area contributed by atoms with Gasteiger partial charge >= 0.3 is 0 Å². The molecule has 1 aromatic carbocycles. The van der Waals surface area contributed by atoms with Crippen LogP contribution >= 0.6 is 0 Å². The van der Waals surface area contributed by atoms with Gasteiger partial charge in [-0.25, -0.2) is 0 Å². The topological polar surface area (TPSA) is 20.2 Å². The Bertz CT molecular complexity index is 373. The summed E-state index contributed by atoms with van der Waals surface area (Å²) in [5.41, 5.74) is 3.66. The Morgan fingerprint density at radius 1 is 1.38 bits per heavy atom. The lowest BCUT2D eigenvalue weighted by atomic mass is 9.94. The zero-order valence-electron chi connectivity index (χ0n) is 10.7. The maximum absolute atomic E-state index is 9.46. The Balaban J connectivity index is 2.62. The van der Waals surface area contributed by atoms with E-state index < -0.39 is 0 Å². The molecule has 1 nitrogen and oxygen atoms in total. The van der Waals surface area contributed by atoms with E-state index in [2.05, 4.69) is 32.9 Å². The van der Waals surface area contributed by atoms with Gasteiger partial charge in [-0.3, -0.25) is 0 Å². The molecule has 0 aromatic heterocycles. The molecule has 0 aliphatic heterocycles. The fourth-order valence-electron chi connectivity index (χ4n) is 1.77. The first-order chi connectivity index (χ1) is 7.50. The molecule has 0 spiro atoms. The van der Waals surface area contributed by atoms with Gasteiger partial charge in [-0.1, -0.05) is 30.7 Å². The number of allylic oxidation sites excluding steroid dienone is 2. The molecule has 1 atom stereocenters. The molecule has 0 heterocycles. The van der Waals surface area contributed by atoms with Crippen molar-refractivity contribution in [3.63, 3.8) is 0 Å². The summed E-state index contributed by atoms with van der Waals surface area (Å²) in [6, 6.07) is 5.90. The number of rotatable bonds is 4. The predicted octanol–water partition coefficient (Wildman–Crippen LogP) is 4.55. The van der Waals surface area contributed by atoms with Crippen molar-refractivity contribution in [1.29, 1.82) is 0 Å². The minimum atomic E-state index is 0.389. The highest BCUT2D eigenvalue weighted by Gasteiger charge is 2.06. The van der Waals surface area contributed by atoms with E-state index in [9.17, 15) is 5.11 Å². The van der Waals surface area contributed by atoms with Gasteiger partial charge in [0.05, 0.1) is 0 Å². The lowest BCUT2D eigenvalue weighted by molar-refractivity contribution is 0.470. The van der Waals surface area contributed by atoms with Crippen LogP contribution in [0.1, 0.15) is 50.7 Å². The molecule has 0 fully saturated rings. The van der Waals surface area contributed by atoms with E-state index in [1.807, 2.05) is 13.0 Å². The standard InChI is InChI=1S/C15H22O/c1-11(2)6-5-7-12(3)14-8-9-15(16)13(4)10-14/h6,8-10,12,16H,5,7H2,1-4H3/t12-/m1/s1. The van der Waals surface area contributed by atoms with Gasteiger partial charge in [0.1, 0.15) is 5.75 Å². The zero-order valence-corrected chi connectivity index (χ0v) is 10.7. The first-order valence-corrected chi connectivity index (χ1v) is 5.93. The molecule has 0 aliphatic carbocycles. The maximum Gasteiger partial charge on any atom is 0.118 e. The molecule has 0 radical (unpaired) electrons. The van der Waals surface area contributed by atoms with Crippen molar-refractivity contribution < 1.29 is 5.11 Å². The molecule has 0 aliphatic rings. The number of hydrogen-bond donors (Lipinski definition) is 1. The molecule has 1 heteroatoms. The Labute approximate surface area is 98.8 Å². The van der Waals surface area contributed by atoms with Crippen LogP contribution < -0.4 is 0 Å². The Kier molecular flexibility index (Phi) is 4.60. The molecule has 0 saturated heterocycles. The van der Waals surface area contributed by atoms with Crippen molar-refractivity contribution in [2.75, 3.05) is 0 Å². The molecule has 1 aromatic rings. The molecular formula is C15H22O. The van der Waals surface area contributed by atoms with Crippen molar-refractivity contribution in [2.24, 2.45) is 0 Å². The summed E-state index contributed by atoms with van der Waals surface area (Å²) in [6.45, 7) is 8.46. The molecule has 16 heavy (non-hydrogen) atoms. The molecular weight excluding hydrogens is 196 g/mol. The average Bonchev–Trinajstić information content (AvgIpc) is 2.21. The molecule has 0 saturated carbocycles. The first-order valence-electron chi connectivity index (χ1n) is 5.93. The SMILES string of the molecule is CC(C)=CCC[C@@H](C)c1ccc(O)c(C)c1. The van der Waals surface area contributed by atoms with Crippen LogP contribution in [-0.2, 0) is 0 Å². The van der Waals surface area contributed by atoms with Crippen molar-refractivity contribution in [1.82, 2.24) is 0 Å². The summed E-state index contributed by atoms with van der Waals surface area (Å²) in [7, 11) is 0. The van der Waals surface area contributed by atoms with Gasteiger partial charge in [0, 0.05) is 0 Å². The van der Waals surface area contributed by atoms with Gasteiger partial charge in [0.2, 0.25) is 0 Å². The van der Waals surface area contributed by atoms with Gasteiger partial charge in [-0.15, -0.1) is 0 Å². The third-order valence-corrected chi connectivity index (χ3v) is 2.94. The second-order valence-corrected chi connectivity index (χ2v) is 4.81. The third-order valence-electron chi connectivity index (χ3n) is 2.94. The average molecular weight is 218 g/mol. The normalized spacial score (nSPS) is 12.2. The summed E-state index contributed by atoms with van der Waals surface area (Å²) in [5, 5.41) is 9.46. The number of aryl methyl sites for hydroxylation is 1. The van der Waals surface area contributed by atoms with Crippen molar-refractivity contribution in [3.8, 4) is 5.75 Å². The highest BCUT2D eigenvalue weighted by molar-refractivity contribution is 5.36. The van der Waals surface area contributed by atoms with Gasteiger partial charge in [0.15, 0.2) is 0 Å². The van der Waals surface area contributed by atoms with Gasteiger partial charge in [0.25, 0.3) is 0 Å². The second-order valence-electron chi connectivity index (χ2n) is 4.81. The van der Waals surface area contributed by atoms with Crippen LogP contribution in [0.25, 0.3) is 0 Å². The van der Waals surface area contributed by atoms with E-state index in [-0.39, 0.29) is 0 Å². The maximum atomic E-state index is 9.46. The Hall–Kier alpha value is -1.24. The predicted molar refractivity (Wildman–Crippen MR) is 69.9 cm³/mol. The van der Waals surface area contributed by atoms with Gasteiger partial charge < -0.3 is 5.11 Å². The van der Waals surface area contributed by atoms with Crippen molar-refractivity contribution >= 4 is 0 Å². The summed E-state index contributed by atoms with van der Waals surface area (Å²) >= 11 is 0. The van der Waals surface area contributed by atoms with E-state index in [1.54, 1.807) is 6.07 Å². The molecule has 1 rings (SSSR count). The summed E-state index contributed by atoms with van der Waals surface area (Å²) in [4.78, 5) is 0. The Morgan fingerprint density at radius 3 is 2.62 bits per heavy atom. The van der Waals surface area contributed by atoms with Gasteiger partial charge in [-0.2, -0.15) is 0 Å². The smallest absolute Gasteiger partial charge is 0.118 e. The zero-order chi connectivity index (χ0) is 12.1. The number of benzene rings is 1. The van der Waals surface area contributed by atoms with Crippen LogP contribution in [0.4, 0.5) is 0 Å². The fourth-order valence-corrected chi connectivity index (χ4v) is 1.77. The van der Waals surface area contributed by atoms with Crippen LogP contribution in [0.3, 0.4) is 0 Å². The molecule has 0 bridgehead atoms. The third kappa shape index (κ3) is 3.73. The highest BCUT2D eigenvalue weighted by atomic mass is 16.3. The van der Waals surface area contributed by atoms with Crippen LogP contribution in [0.5, 0.6) is 5.75 Å². The van der Waals surface area contributed by atoms with Crippen LogP contribution in [0.15, 0.2) is 29.8 Å². The van der Waals surface area contributed by atoms with Crippen LogP contribution in [0.2, 0.25) is 0 Å². The van der Waals surface area contributed by atoms with Crippen molar-refractivity contribution in [3.05, 3.63) is 41.0 Å². The van der Waals surface area contributed by atoms with Crippen molar-refractivity contribution in [2.45, 2.75) is 46.5 Å². The van der Waals surface area contributed by atoms with Crippen LogP contribution in [-0.4, -0.2) is 5.11 Å². The quantitative estimate of drug-likeness (QED) is 0.735. The summed E-state index contributed by atoms with van der Waals surface area (Å²) in [5.74, 6) is 0.940. The number of phenols is 1. The molecule has 0 unspecified atom stereocenters. The van der Waals surface area contributed by atoms with E-state index >= 15 is 0 Å². The monoisotopic (exact) mass is 218 g/mol. The highest BCUT2D eigenvalue weighted by Crippen LogP contribution is 2.25. The minimum absolute atomic E-state index is 0.389.